The van der Waals surface area contributed by atoms with Gasteiger partial charge in [-0.3, -0.25) is 9.10 Å². The summed E-state index contributed by atoms with van der Waals surface area (Å²) >= 11 is 3.34. The first kappa shape index (κ1) is 20.1. The Labute approximate surface area is 162 Å². The Kier molecular flexibility index (Phi) is 6.55. The van der Waals surface area contributed by atoms with E-state index < -0.39 is 15.9 Å². The fourth-order valence-corrected chi connectivity index (χ4v) is 3.49. The van der Waals surface area contributed by atoms with Gasteiger partial charge in [0, 0.05) is 4.47 Å². The molecule has 0 saturated heterocycles. The maximum Gasteiger partial charge on any atom is 0.260 e. The second-order valence-corrected chi connectivity index (χ2v) is 8.78. The predicted octanol–water partition coefficient (Wildman–Crippen LogP) is 2.98. The molecule has 0 aliphatic rings. The topological polar surface area (TPSA) is 78.8 Å². The molecule has 0 aromatic heterocycles. The van der Waals surface area contributed by atoms with E-state index in [1.807, 2.05) is 44.2 Å². The summed E-state index contributed by atoms with van der Waals surface area (Å²) in [5.74, 6) is -0.525. The molecule has 0 atom stereocenters. The van der Waals surface area contributed by atoms with Crippen molar-refractivity contribution in [3.8, 4) is 0 Å². The fourth-order valence-electron chi connectivity index (χ4n) is 2.39. The molecule has 0 aliphatic heterocycles. The van der Waals surface area contributed by atoms with Crippen molar-refractivity contribution in [2.75, 3.05) is 17.1 Å². The number of rotatable bonds is 6. The van der Waals surface area contributed by atoms with Gasteiger partial charge in [-0.2, -0.15) is 5.10 Å². The molecule has 6 nitrogen and oxygen atoms in total. The lowest BCUT2D eigenvalue weighted by Crippen LogP contribution is -2.39. The van der Waals surface area contributed by atoms with Gasteiger partial charge in [0.1, 0.15) is 6.54 Å². The zero-order chi connectivity index (χ0) is 19.3. The Morgan fingerprint density at radius 2 is 1.73 bits per heavy atom. The van der Waals surface area contributed by atoms with Crippen molar-refractivity contribution in [2.45, 2.75) is 13.8 Å². The molecule has 0 radical (unpaired) electrons. The standard InChI is InChI=1S/C18H20BrN3O3S/c1-13-8-14(2)10-17(9-13)22(26(3,24)25)12-18(23)21-20-11-15-4-6-16(19)7-5-15/h4-11H,12H2,1-3H3,(H,21,23)/b20-11-. The molecule has 0 aliphatic carbocycles. The number of amides is 1. The van der Waals surface area contributed by atoms with Crippen molar-refractivity contribution in [1.29, 1.82) is 0 Å². The van der Waals surface area contributed by atoms with Gasteiger partial charge in [0.25, 0.3) is 5.91 Å². The smallest absolute Gasteiger partial charge is 0.260 e. The number of sulfonamides is 1. The Morgan fingerprint density at radius 3 is 2.27 bits per heavy atom. The zero-order valence-electron chi connectivity index (χ0n) is 14.7. The third-order valence-electron chi connectivity index (χ3n) is 3.45. The number of hydrazone groups is 1. The molecule has 1 N–H and O–H groups in total. The number of halogens is 1. The van der Waals surface area contributed by atoms with Gasteiger partial charge in [-0.1, -0.05) is 34.1 Å². The lowest BCUT2D eigenvalue weighted by atomic mass is 10.1. The van der Waals surface area contributed by atoms with Crippen LogP contribution in [-0.4, -0.2) is 33.3 Å². The maximum atomic E-state index is 12.1. The van der Waals surface area contributed by atoms with Crippen LogP contribution in [0.15, 0.2) is 52.0 Å². The van der Waals surface area contributed by atoms with Crippen LogP contribution < -0.4 is 9.73 Å². The summed E-state index contributed by atoms with van der Waals surface area (Å²) in [6.07, 6.45) is 2.56. The number of hydrogen-bond acceptors (Lipinski definition) is 4. The minimum atomic E-state index is -3.61. The van der Waals surface area contributed by atoms with Crippen molar-refractivity contribution in [1.82, 2.24) is 5.43 Å². The third kappa shape index (κ3) is 5.96. The summed E-state index contributed by atoms with van der Waals surface area (Å²) in [5.41, 5.74) is 5.46. The van der Waals surface area contributed by atoms with E-state index in [1.165, 1.54) is 6.21 Å². The molecule has 2 rings (SSSR count). The Hall–Kier alpha value is -2.19. The average molecular weight is 438 g/mol. The summed E-state index contributed by atoms with van der Waals surface area (Å²) in [6, 6.07) is 12.8. The summed E-state index contributed by atoms with van der Waals surface area (Å²) in [7, 11) is -3.61. The van der Waals surface area contributed by atoms with Crippen LogP contribution in [0.3, 0.4) is 0 Å². The molecule has 0 spiro atoms. The highest BCUT2D eigenvalue weighted by Crippen LogP contribution is 2.21. The first-order valence-electron chi connectivity index (χ1n) is 7.78. The van der Waals surface area contributed by atoms with E-state index in [0.717, 1.165) is 31.7 Å². The highest BCUT2D eigenvalue weighted by atomic mass is 79.9. The van der Waals surface area contributed by atoms with E-state index >= 15 is 0 Å². The summed E-state index contributed by atoms with van der Waals surface area (Å²) in [5, 5.41) is 3.87. The van der Waals surface area contributed by atoms with Crippen LogP contribution in [0.1, 0.15) is 16.7 Å². The van der Waals surface area contributed by atoms with Gasteiger partial charge in [0.05, 0.1) is 18.2 Å². The van der Waals surface area contributed by atoms with Gasteiger partial charge in [-0.05, 0) is 54.8 Å². The molecule has 0 unspecified atom stereocenters. The largest absolute Gasteiger partial charge is 0.271 e. The highest BCUT2D eigenvalue weighted by molar-refractivity contribution is 9.10. The Balaban J connectivity index is 2.11. The molecule has 26 heavy (non-hydrogen) atoms. The zero-order valence-corrected chi connectivity index (χ0v) is 17.1. The SMILES string of the molecule is Cc1cc(C)cc(N(CC(=O)N/N=C\c2ccc(Br)cc2)S(C)(=O)=O)c1. The van der Waals surface area contributed by atoms with Gasteiger partial charge < -0.3 is 0 Å². The Bertz CT molecular complexity index is 905. The second-order valence-electron chi connectivity index (χ2n) is 5.96. The van der Waals surface area contributed by atoms with Crippen molar-refractivity contribution in [2.24, 2.45) is 5.10 Å². The van der Waals surface area contributed by atoms with E-state index in [9.17, 15) is 13.2 Å². The summed E-state index contributed by atoms with van der Waals surface area (Å²) in [6.45, 7) is 3.40. The normalized spacial score (nSPS) is 11.5. The third-order valence-corrected chi connectivity index (χ3v) is 5.12. The minimum Gasteiger partial charge on any atom is -0.271 e. The molecule has 0 fully saturated rings. The van der Waals surface area contributed by atoms with Crippen LogP contribution in [-0.2, 0) is 14.8 Å². The molecule has 2 aromatic carbocycles. The number of nitrogens with zero attached hydrogens (tertiary/aromatic N) is 2. The van der Waals surface area contributed by atoms with Gasteiger partial charge in [-0.15, -0.1) is 0 Å². The maximum absolute atomic E-state index is 12.1. The van der Waals surface area contributed by atoms with E-state index in [0.29, 0.717) is 5.69 Å². The number of benzene rings is 2. The van der Waals surface area contributed by atoms with Gasteiger partial charge >= 0.3 is 0 Å². The number of nitrogens with one attached hydrogen (secondary N) is 1. The average Bonchev–Trinajstić information content (AvgIpc) is 2.52. The van der Waals surface area contributed by atoms with Crippen LogP contribution in [0.25, 0.3) is 0 Å². The second kappa shape index (κ2) is 8.46. The van der Waals surface area contributed by atoms with Gasteiger partial charge in [-0.25, -0.2) is 13.8 Å². The number of carbonyl (C=O) groups is 1. The molecule has 0 bridgehead atoms. The fraction of sp³-hybridized carbons (Fsp3) is 0.222. The van der Waals surface area contributed by atoms with E-state index in [2.05, 4.69) is 26.5 Å². The molecular formula is C18H20BrN3O3S. The Morgan fingerprint density at radius 1 is 1.15 bits per heavy atom. The molecule has 8 heteroatoms. The summed E-state index contributed by atoms with van der Waals surface area (Å²) in [4.78, 5) is 12.1. The molecular weight excluding hydrogens is 418 g/mol. The molecule has 2 aromatic rings. The predicted molar refractivity (Wildman–Crippen MR) is 108 cm³/mol. The minimum absolute atomic E-state index is 0.348. The van der Waals surface area contributed by atoms with Gasteiger partial charge in [0.2, 0.25) is 10.0 Å². The van der Waals surface area contributed by atoms with Crippen LogP contribution in [0.2, 0.25) is 0 Å². The van der Waals surface area contributed by atoms with Crippen molar-refractivity contribution in [3.63, 3.8) is 0 Å². The first-order valence-corrected chi connectivity index (χ1v) is 10.4. The highest BCUT2D eigenvalue weighted by Gasteiger charge is 2.21. The molecule has 0 heterocycles. The van der Waals surface area contributed by atoms with E-state index in [4.69, 9.17) is 0 Å². The van der Waals surface area contributed by atoms with Gasteiger partial charge in [0.15, 0.2) is 0 Å². The van der Waals surface area contributed by atoms with E-state index in [-0.39, 0.29) is 6.54 Å². The number of anilines is 1. The molecule has 0 saturated carbocycles. The summed E-state index contributed by atoms with van der Waals surface area (Å²) < 4.78 is 26.2. The van der Waals surface area contributed by atoms with Crippen LogP contribution >= 0.6 is 15.9 Å². The lowest BCUT2D eigenvalue weighted by molar-refractivity contribution is -0.119. The first-order chi connectivity index (χ1) is 12.1. The number of carbonyl (C=O) groups excluding carboxylic acids is 1. The van der Waals surface area contributed by atoms with Crippen molar-refractivity contribution >= 4 is 43.8 Å². The lowest BCUT2D eigenvalue weighted by Gasteiger charge is -2.22. The van der Waals surface area contributed by atoms with Crippen LogP contribution in [0.4, 0.5) is 5.69 Å². The van der Waals surface area contributed by atoms with Crippen LogP contribution in [0.5, 0.6) is 0 Å². The monoisotopic (exact) mass is 437 g/mol. The van der Waals surface area contributed by atoms with Crippen LogP contribution in [0, 0.1) is 13.8 Å². The number of hydrogen-bond donors (Lipinski definition) is 1. The van der Waals surface area contributed by atoms with E-state index in [1.54, 1.807) is 12.1 Å². The van der Waals surface area contributed by atoms with Crippen molar-refractivity contribution in [3.05, 3.63) is 63.6 Å². The van der Waals surface area contributed by atoms with Crippen molar-refractivity contribution < 1.29 is 13.2 Å². The quantitative estimate of drug-likeness (QED) is 0.557. The molecule has 138 valence electrons. The molecule has 1 amide bonds. The number of aryl methyl sites for hydroxylation is 2.